The first-order chi connectivity index (χ1) is 14.4. The molecule has 156 valence electrons. The maximum atomic E-state index is 13.2. The van der Waals surface area contributed by atoms with Crippen LogP contribution < -0.4 is 21.3 Å². The van der Waals surface area contributed by atoms with Gasteiger partial charge in [0.1, 0.15) is 34.9 Å². The van der Waals surface area contributed by atoms with Crippen LogP contribution in [-0.2, 0) is 0 Å². The van der Waals surface area contributed by atoms with Gasteiger partial charge in [-0.3, -0.25) is 0 Å². The fourth-order valence-corrected chi connectivity index (χ4v) is 2.63. The van der Waals surface area contributed by atoms with Crippen LogP contribution in [0.15, 0.2) is 42.6 Å². The van der Waals surface area contributed by atoms with Gasteiger partial charge >= 0.3 is 6.03 Å². The number of aromatic nitrogens is 3. The van der Waals surface area contributed by atoms with E-state index >= 15 is 0 Å². The van der Waals surface area contributed by atoms with Crippen LogP contribution in [0.25, 0.3) is 0 Å². The maximum Gasteiger partial charge on any atom is 0.319 e. The second-order valence-corrected chi connectivity index (χ2v) is 6.49. The Kier molecular flexibility index (Phi) is 6.68. The summed E-state index contributed by atoms with van der Waals surface area (Å²) in [5.74, 6) is 0.863. The third kappa shape index (κ3) is 6.36. The topological polar surface area (TPSA) is 104 Å². The zero-order valence-electron chi connectivity index (χ0n) is 16.5. The molecule has 0 bridgehead atoms. The average molecular weight is 413 g/mol. The molecule has 0 saturated carbocycles. The lowest BCUT2D eigenvalue weighted by Gasteiger charge is -2.11. The summed E-state index contributed by atoms with van der Waals surface area (Å²) in [6, 6.07) is 7.74. The Labute approximate surface area is 172 Å². The van der Waals surface area contributed by atoms with E-state index < -0.39 is 17.7 Å². The average Bonchev–Trinajstić information content (AvgIpc) is 2.64. The molecule has 3 aromatic rings. The smallest absolute Gasteiger partial charge is 0.319 e. The predicted octanol–water partition coefficient (Wildman–Crippen LogP) is 3.74. The minimum atomic E-state index is -0.767. The summed E-state index contributed by atoms with van der Waals surface area (Å²) in [5.41, 5.74) is 1.10. The number of halogens is 2. The number of carbonyl (C=O) groups is 1. The number of nitrogens with one attached hydrogen (secondary N) is 4. The lowest BCUT2D eigenvalue weighted by molar-refractivity contribution is 0.252. The van der Waals surface area contributed by atoms with Crippen molar-refractivity contribution in [3.63, 3.8) is 0 Å². The molecular weight excluding hydrogens is 392 g/mol. The number of carbonyl (C=O) groups excluding carboxylic acids is 1. The fraction of sp³-hybridized carbons (Fsp3) is 0.200. The molecule has 0 saturated heterocycles. The fourth-order valence-electron chi connectivity index (χ4n) is 2.63. The van der Waals surface area contributed by atoms with Crippen molar-refractivity contribution >= 4 is 29.2 Å². The van der Waals surface area contributed by atoms with Crippen molar-refractivity contribution in [2.24, 2.45) is 0 Å². The van der Waals surface area contributed by atoms with Crippen LogP contribution >= 0.6 is 0 Å². The second-order valence-electron chi connectivity index (χ2n) is 6.49. The molecule has 2 aromatic heterocycles. The van der Waals surface area contributed by atoms with E-state index in [4.69, 9.17) is 0 Å². The molecule has 0 spiro atoms. The molecule has 10 heteroatoms. The number of aryl methyl sites for hydroxylation is 2. The maximum absolute atomic E-state index is 13.2. The van der Waals surface area contributed by atoms with E-state index in [2.05, 4.69) is 36.2 Å². The summed E-state index contributed by atoms with van der Waals surface area (Å²) >= 11 is 0. The molecule has 0 unspecified atom stereocenters. The number of rotatable bonds is 7. The summed E-state index contributed by atoms with van der Waals surface area (Å²) < 4.78 is 26.3. The zero-order chi connectivity index (χ0) is 21.5. The molecule has 0 fully saturated rings. The zero-order valence-corrected chi connectivity index (χ0v) is 16.5. The molecule has 30 heavy (non-hydrogen) atoms. The highest BCUT2D eigenvalue weighted by atomic mass is 19.1. The molecule has 2 heterocycles. The highest BCUT2D eigenvalue weighted by Gasteiger charge is 2.06. The van der Waals surface area contributed by atoms with Crippen LogP contribution in [-0.4, -0.2) is 34.1 Å². The first-order valence-corrected chi connectivity index (χ1v) is 9.17. The Bertz CT molecular complexity index is 1030. The minimum Gasteiger partial charge on any atom is -0.368 e. The van der Waals surface area contributed by atoms with E-state index in [1.165, 1.54) is 0 Å². The quantitative estimate of drug-likeness (QED) is 0.440. The summed E-state index contributed by atoms with van der Waals surface area (Å²) in [6.45, 7) is 4.38. The lowest BCUT2D eigenvalue weighted by Crippen LogP contribution is -2.32. The van der Waals surface area contributed by atoms with E-state index in [0.717, 1.165) is 23.8 Å². The van der Waals surface area contributed by atoms with Gasteiger partial charge in [0.2, 0.25) is 0 Å². The van der Waals surface area contributed by atoms with Crippen LogP contribution in [0.5, 0.6) is 0 Å². The molecule has 0 aliphatic carbocycles. The first-order valence-electron chi connectivity index (χ1n) is 9.17. The molecule has 4 N–H and O–H groups in total. The van der Waals surface area contributed by atoms with Gasteiger partial charge in [0, 0.05) is 37.1 Å². The lowest BCUT2D eigenvalue weighted by atomic mass is 10.3. The second kappa shape index (κ2) is 9.59. The number of nitrogens with zero attached hydrogens (tertiary/aromatic N) is 3. The van der Waals surface area contributed by atoms with Crippen molar-refractivity contribution in [1.29, 1.82) is 0 Å². The third-order valence-electron chi connectivity index (χ3n) is 3.85. The van der Waals surface area contributed by atoms with Crippen molar-refractivity contribution in [1.82, 2.24) is 20.3 Å². The number of hydrogen-bond acceptors (Lipinski definition) is 6. The van der Waals surface area contributed by atoms with Crippen LogP contribution in [0.2, 0.25) is 0 Å². The summed E-state index contributed by atoms with van der Waals surface area (Å²) in [4.78, 5) is 24.7. The van der Waals surface area contributed by atoms with E-state index in [1.807, 2.05) is 19.1 Å². The highest BCUT2D eigenvalue weighted by molar-refractivity contribution is 5.89. The van der Waals surface area contributed by atoms with Gasteiger partial charge < -0.3 is 21.3 Å². The Balaban J connectivity index is 1.49. The molecule has 2 amide bonds. The Morgan fingerprint density at radius 2 is 1.67 bits per heavy atom. The van der Waals surface area contributed by atoms with Gasteiger partial charge in [-0.05, 0) is 43.7 Å². The number of anilines is 4. The molecule has 3 rings (SSSR count). The molecule has 0 radical (unpaired) electrons. The molecule has 1 aromatic carbocycles. The molecular formula is C20H21F2N7O. The van der Waals surface area contributed by atoms with Crippen LogP contribution in [0.3, 0.4) is 0 Å². The summed E-state index contributed by atoms with van der Waals surface area (Å²) in [6.07, 6.45) is 1.71. The number of amides is 2. The standard InChI is InChI=1S/C20H21F2N7O/c1-12-3-4-23-17(7-12)29-19-11-18(26-13(2)27-19)24-5-6-25-20(30)28-16-9-14(21)8-15(22)10-16/h3-4,7-11H,5-6H2,1-2H3,(H2,25,28,30)(H2,23,24,26,27,29). The molecule has 8 nitrogen and oxygen atoms in total. The number of hydrogen-bond donors (Lipinski definition) is 4. The van der Waals surface area contributed by atoms with Gasteiger partial charge in [0.15, 0.2) is 0 Å². The van der Waals surface area contributed by atoms with Crippen molar-refractivity contribution in [2.45, 2.75) is 13.8 Å². The normalized spacial score (nSPS) is 10.4. The molecule has 0 aliphatic heterocycles. The highest BCUT2D eigenvalue weighted by Crippen LogP contribution is 2.16. The number of urea groups is 1. The van der Waals surface area contributed by atoms with Gasteiger partial charge in [0.05, 0.1) is 0 Å². The van der Waals surface area contributed by atoms with Gasteiger partial charge in [-0.25, -0.2) is 28.5 Å². The monoisotopic (exact) mass is 413 g/mol. The van der Waals surface area contributed by atoms with Crippen molar-refractivity contribution in [2.75, 3.05) is 29.0 Å². The van der Waals surface area contributed by atoms with E-state index in [0.29, 0.717) is 29.8 Å². The summed E-state index contributed by atoms with van der Waals surface area (Å²) in [7, 11) is 0. The van der Waals surface area contributed by atoms with Crippen molar-refractivity contribution < 1.29 is 13.6 Å². The van der Waals surface area contributed by atoms with Gasteiger partial charge in [-0.1, -0.05) is 0 Å². The van der Waals surface area contributed by atoms with Crippen LogP contribution in [0, 0.1) is 25.5 Å². The Morgan fingerprint density at radius 3 is 2.40 bits per heavy atom. The van der Waals surface area contributed by atoms with E-state index in [1.54, 1.807) is 19.2 Å². The summed E-state index contributed by atoms with van der Waals surface area (Å²) in [5, 5.41) is 11.2. The Hall–Kier alpha value is -3.82. The van der Waals surface area contributed by atoms with Crippen LogP contribution in [0.1, 0.15) is 11.4 Å². The molecule has 0 aliphatic rings. The van der Waals surface area contributed by atoms with Crippen molar-refractivity contribution in [3.05, 3.63) is 65.6 Å². The molecule has 0 atom stereocenters. The van der Waals surface area contributed by atoms with E-state index in [9.17, 15) is 13.6 Å². The van der Waals surface area contributed by atoms with E-state index in [-0.39, 0.29) is 12.2 Å². The SMILES string of the molecule is Cc1ccnc(Nc2cc(NCCNC(=O)Nc3cc(F)cc(F)c3)nc(C)n2)c1. The first kappa shape index (κ1) is 20.9. The number of pyridine rings is 1. The Morgan fingerprint density at radius 1 is 0.933 bits per heavy atom. The van der Waals surface area contributed by atoms with Crippen molar-refractivity contribution in [3.8, 4) is 0 Å². The van der Waals surface area contributed by atoms with Gasteiger partial charge in [-0.15, -0.1) is 0 Å². The number of benzene rings is 1. The van der Waals surface area contributed by atoms with Crippen LogP contribution in [0.4, 0.5) is 36.7 Å². The predicted molar refractivity (Wildman–Crippen MR) is 111 cm³/mol. The minimum absolute atomic E-state index is 0.0323. The van der Waals surface area contributed by atoms with Gasteiger partial charge in [0.25, 0.3) is 0 Å². The largest absolute Gasteiger partial charge is 0.368 e. The third-order valence-corrected chi connectivity index (χ3v) is 3.85. The van der Waals surface area contributed by atoms with Gasteiger partial charge in [-0.2, -0.15) is 0 Å².